The molecule has 5 aliphatic rings. The summed E-state index contributed by atoms with van der Waals surface area (Å²) in [6.45, 7) is 6.29. The van der Waals surface area contributed by atoms with E-state index in [1.54, 1.807) is 0 Å². The Morgan fingerprint density at radius 3 is 2.59 bits per heavy atom. The zero-order valence-electron chi connectivity index (χ0n) is 16.6. The third-order valence-electron chi connectivity index (χ3n) is 9.08. The molecular formula is C22H32N2O3. The van der Waals surface area contributed by atoms with E-state index >= 15 is 0 Å². The Balaban J connectivity index is 1.37. The van der Waals surface area contributed by atoms with Gasteiger partial charge in [0.1, 0.15) is 11.6 Å². The number of ketones is 2. The quantitative estimate of drug-likeness (QED) is 0.756. The molecule has 5 rings (SSSR count). The number of hydrogen-bond acceptors (Lipinski definition) is 5. The number of hydrogen-bond donors (Lipinski definition) is 1. The number of nitrogens with zero attached hydrogens (tertiary/aromatic N) is 1. The van der Waals surface area contributed by atoms with Gasteiger partial charge < -0.3 is 10.2 Å². The Morgan fingerprint density at radius 1 is 1.04 bits per heavy atom. The summed E-state index contributed by atoms with van der Waals surface area (Å²) in [7, 11) is 0. The van der Waals surface area contributed by atoms with Gasteiger partial charge in [0, 0.05) is 37.3 Å². The lowest BCUT2D eigenvalue weighted by Crippen LogP contribution is -2.56. The topological polar surface area (TPSA) is 67.8 Å². The number of carbonyl (C=O) groups is 2. The fourth-order valence-corrected chi connectivity index (χ4v) is 7.19. The predicted octanol–water partition coefficient (Wildman–Crippen LogP) is 3.12. The second-order valence-corrected chi connectivity index (χ2v) is 10.3. The molecule has 0 amide bonds. The Morgan fingerprint density at radius 2 is 1.85 bits per heavy atom. The van der Waals surface area contributed by atoms with Gasteiger partial charge in [0.25, 0.3) is 0 Å². The average Bonchev–Trinajstić information content (AvgIpc) is 2.90. The Labute approximate surface area is 161 Å². The molecule has 1 N–H and O–H groups in total. The molecule has 0 bridgehead atoms. The van der Waals surface area contributed by atoms with Gasteiger partial charge in [0.05, 0.1) is 5.71 Å². The van der Waals surface area contributed by atoms with E-state index in [0.29, 0.717) is 35.7 Å². The second kappa shape index (κ2) is 6.13. The molecule has 0 unspecified atom stereocenters. The average molecular weight is 373 g/mol. The molecule has 4 saturated carbocycles. The van der Waals surface area contributed by atoms with E-state index in [9.17, 15) is 9.59 Å². The maximum atomic E-state index is 13.2. The summed E-state index contributed by atoms with van der Waals surface area (Å²) in [5, 5.41) is 7.61. The van der Waals surface area contributed by atoms with Crippen LogP contribution in [-0.2, 0) is 14.4 Å². The summed E-state index contributed by atoms with van der Waals surface area (Å²) in [5.74, 6) is 2.39. The van der Waals surface area contributed by atoms with Crippen molar-refractivity contribution in [3.8, 4) is 0 Å². The van der Waals surface area contributed by atoms with Gasteiger partial charge in [0.15, 0.2) is 6.10 Å². The highest BCUT2D eigenvalue weighted by Crippen LogP contribution is 2.64. The molecule has 0 aromatic carbocycles. The van der Waals surface area contributed by atoms with Crippen LogP contribution in [0.4, 0.5) is 0 Å². The zero-order valence-corrected chi connectivity index (χ0v) is 16.6. The van der Waals surface area contributed by atoms with Crippen LogP contribution in [0.25, 0.3) is 0 Å². The minimum atomic E-state index is -0.156. The van der Waals surface area contributed by atoms with Crippen molar-refractivity contribution in [2.75, 3.05) is 13.1 Å². The lowest BCUT2D eigenvalue weighted by Gasteiger charge is -2.58. The van der Waals surface area contributed by atoms with Gasteiger partial charge in [-0.15, -0.1) is 0 Å². The van der Waals surface area contributed by atoms with E-state index in [0.717, 1.165) is 63.7 Å². The minimum Gasteiger partial charge on any atom is -0.390 e. The molecule has 0 aromatic rings. The number of Topliss-reactive ketones (excluding diaryl/α,β-unsaturated/α-hetero) is 2. The summed E-state index contributed by atoms with van der Waals surface area (Å²) in [6.07, 6.45) is 7.50. The highest BCUT2D eigenvalue weighted by atomic mass is 16.6. The van der Waals surface area contributed by atoms with E-state index < -0.39 is 0 Å². The van der Waals surface area contributed by atoms with Gasteiger partial charge in [-0.2, -0.15) is 0 Å². The van der Waals surface area contributed by atoms with Gasteiger partial charge in [0.2, 0.25) is 0 Å². The van der Waals surface area contributed by atoms with Crippen molar-refractivity contribution in [3.05, 3.63) is 0 Å². The van der Waals surface area contributed by atoms with Gasteiger partial charge in [-0.1, -0.05) is 19.0 Å². The number of fused-ring (bicyclic) bond motifs is 5. The molecule has 0 spiro atoms. The van der Waals surface area contributed by atoms with Crippen LogP contribution in [0.3, 0.4) is 0 Å². The molecular weight excluding hydrogens is 340 g/mol. The first-order valence-corrected chi connectivity index (χ1v) is 10.9. The summed E-state index contributed by atoms with van der Waals surface area (Å²) < 4.78 is 0. The second-order valence-electron chi connectivity index (χ2n) is 10.3. The zero-order chi connectivity index (χ0) is 18.8. The van der Waals surface area contributed by atoms with Gasteiger partial charge in [-0.05, 0) is 61.7 Å². The van der Waals surface area contributed by atoms with Crippen molar-refractivity contribution < 1.29 is 14.4 Å². The van der Waals surface area contributed by atoms with Crippen molar-refractivity contribution in [3.63, 3.8) is 0 Å². The maximum Gasteiger partial charge on any atom is 0.152 e. The first-order valence-electron chi connectivity index (χ1n) is 10.9. The van der Waals surface area contributed by atoms with Crippen LogP contribution in [0.15, 0.2) is 5.16 Å². The van der Waals surface area contributed by atoms with E-state index in [2.05, 4.69) is 24.3 Å². The molecule has 5 fully saturated rings. The smallest absolute Gasteiger partial charge is 0.152 e. The van der Waals surface area contributed by atoms with Crippen LogP contribution in [0.2, 0.25) is 0 Å². The van der Waals surface area contributed by atoms with E-state index in [1.807, 2.05) is 0 Å². The highest BCUT2D eigenvalue weighted by molar-refractivity contribution is 5.93. The van der Waals surface area contributed by atoms with E-state index in [-0.39, 0.29) is 22.9 Å². The largest absolute Gasteiger partial charge is 0.390 e. The third-order valence-corrected chi connectivity index (χ3v) is 9.08. The molecule has 5 heteroatoms. The first-order chi connectivity index (χ1) is 12.9. The third kappa shape index (κ3) is 2.56. The van der Waals surface area contributed by atoms with Crippen molar-refractivity contribution in [2.24, 2.45) is 39.7 Å². The summed E-state index contributed by atoms with van der Waals surface area (Å²) in [5.41, 5.74) is 0.994. The molecule has 148 valence electrons. The molecule has 5 nitrogen and oxygen atoms in total. The van der Waals surface area contributed by atoms with Crippen LogP contribution in [-0.4, -0.2) is 36.5 Å². The SMILES string of the molecule is C[C@]12CCC(=NOC3CNC3)C[C@@H]1C(=O)C[C@@H]1[C@@H]2CC[C@]2(C)C(=O)CC[C@@H]12. The molecule has 1 saturated heterocycles. The first kappa shape index (κ1) is 17.8. The molecule has 0 radical (unpaired) electrons. The van der Waals surface area contributed by atoms with Gasteiger partial charge in [-0.3, -0.25) is 9.59 Å². The Hall–Kier alpha value is -1.23. The monoisotopic (exact) mass is 372 g/mol. The molecule has 1 heterocycles. The van der Waals surface area contributed by atoms with Crippen LogP contribution in [0, 0.1) is 34.5 Å². The fourth-order valence-electron chi connectivity index (χ4n) is 7.19. The summed E-state index contributed by atoms with van der Waals surface area (Å²) in [6, 6.07) is 0. The van der Waals surface area contributed by atoms with E-state index in [4.69, 9.17) is 4.84 Å². The predicted molar refractivity (Wildman–Crippen MR) is 102 cm³/mol. The molecule has 0 aromatic heterocycles. The molecule has 6 atom stereocenters. The normalized spacial score (nSPS) is 48.6. The highest BCUT2D eigenvalue weighted by Gasteiger charge is 2.62. The lowest BCUT2D eigenvalue weighted by atomic mass is 9.45. The van der Waals surface area contributed by atoms with Gasteiger partial charge >= 0.3 is 0 Å². The van der Waals surface area contributed by atoms with Crippen LogP contribution < -0.4 is 5.32 Å². The maximum absolute atomic E-state index is 13.2. The van der Waals surface area contributed by atoms with Crippen molar-refractivity contribution in [2.45, 2.75) is 71.3 Å². The standard InChI is InChI=1S/C22H32N2O3/c1-21-7-5-13(24-27-14-11-23-12-14)9-18(21)19(25)10-15-16-3-4-20(26)22(16,2)8-6-17(15)21/h14-18,23H,3-12H2,1-2H3/t15-,16-,17-,18+,21+,22-/m0/s1. The molecule has 27 heavy (non-hydrogen) atoms. The number of rotatable bonds is 2. The number of nitrogens with one attached hydrogen (secondary N) is 1. The lowest BCUT2D eigenvalue weighted by molar-refractivity contribution is -0.152. The van der Waals surface area contributed by atoms with Gasteiger partial charge in [-0.25, -0.2) is 0 Å². The molecule has 4 aliphatic carbocycles. The van der Waals surface area contributed by atoms with Crippen LogP contribution in [0.5, 0.6) is 0 Å². The van der Waals surface area contributed by atoms with Crippen molar-refractivity contribution >= 4 is 17.3 Å². The number of carbonyl (C=O) groups excluding carboxylic acids is 2. The van der Waals surface area contributed by atoms with Crippen molar-refractivity contribution in [1.29, 1.82) is 0 Å². The van der Waals surface area contributed by atoms with E-state index in [1.165, 1.54) is 0 Å². The van der Waals surface area contributed by atoms with Crippen molar-refractivity contribution in [1.82, 2.24) is 5.32 Å². The number of oxime groups is 1. The summed E-state index contributed by atoms with van der Waals surface area (Å²) >= 11 is 0. The summed E-state index contributed by atoms with van der Waals surface area (Å²) in [4.78, 5) is 31.4. The minimum absolute atomic E-state index is 0.0734. The van der Waals surface area contributed by atoms with Crippen LogP contribution in [0.1, 0.15) is 65.2 Å². The molecule has 1 aliphatic heterocycles. The Kier molecular flexibility index (Phi) is 4.05. The Bertz CT molecular complexity index is 700. The van der Waals surface area contributed by atoms with Crippen LogP contribution >= 0.6 is 0 Å². The fraction of sp³-hybridized carbons (Fsp3) is 0.864.